The van der Waals surface area contributed by atoms with Crippen LogP contribution in [0.25, 0.3) is 0 Å². The van der Waals surface area contributed by atoms with Gasteiger partial charge in [0, 0.05) is 18.7 Å². The van der Waals surface area contributed by atoms with E-state index in [4.69, 9.17) is 4.74 Å². The van der Waals surface area contributed by atoms with Crippen molar-refractivity contribution in [3.63, 3.8) is 0 Å². The third-order valence-corrected chi connectivity index (χ3v) is 4.86. The number of fused-ring (bicyclic) bond motifs is 2. The molecule has 1 saturated heterocycles. The Balaban J connectivity index is 1.53. The molecule has 3 aliphatic rings. The molecule has 3 rings (SSSR count). The topological polar surface area (TPSA) is 21.3 Å². The van der Waals surface area contributed by atoms with E-state index in [2.05, 4.69) is 12.2 Å². The van der Waals surface area contributed by atoms with Gasteiger partial charge in [0.1, 0.15) is 0 Å². The summed E-state index contributed by atoms with van der Waals surface area (Å²) in [6.45, 7) is 4.29. The third kappa shape index (κ3) is 1.94. The molecule has 2 heteroatoms. The first-order chi connectivity index (χ1) is 7.33. The molecule has 2 nitrogen and oxygen atoms in total. The summed E-state index contributed by atoms with van der Waals surface area (Å²) in [6, 6.07) is 1.35. The summed E-state index contributed by atoms with van der Waals surface area (Å²) < 4.78 is 5.42. The second-order valence-electron chi connectivity index (χ2n) is 5.85. The fraction of sp³-hybridized carbons (Fsp3) is 1.00. The first-order valence-electron chi connectivity index (χ1n) is 6.66. The molecule has 86 valence electrons. The number of rotatable bonds is 3. The highest BCUT2D eigenvalue weighted by atomic mass is 16.5. The SMILES string of the molecule is CC(NC1CCOC1)C1CC2CCC1C2. The van der Waals surface area contributed by atoms with Gasteiger partial charge in [0.15, 0.2) is 0 Å². The van der Waals surface area contributed by atoms with Gasteiger partial charge in [-0.25, -0.2) is 0 Å². The summed E-state index contributed by atoms with van der Waals surface area (Å²) in [5.41, 5.74) is 0. The van der Waals surface area contributed by atoms with E-state index in [1.165, 1.54) is 32.1 Å². The van der Waals surface area contributed by atoms with Crippen molar-refractivity contribution >= 4 is 0 Å². The number of hydrogen-bond donors (Lipinski definition) is 1. The highest BCUT2D eigenvalue weighted by molar-refractivity contribution is 4.94. The quantitative estimate of drug-likeness (QED) is 0.769. The normalized spacial score (nSPS) is 46.2. The first-order valence-corrected chi connectivity index (χ1v) is 6.66. The lowest BCUT2D eigenvalue weighted by molar-refractivity contribution is 0.180. The Morgan fingerprint density at radius 2 is 2.13 bits per heavy atom. The highest BCUT2D eigenvalue weighted by Gasteiger charge is 2.42. The minimum absolute atomic E-state index is 0.638. The number of hydrogen-bond acceptors (Lipinski definition) is 2. The molecular formula is C13H23NO. The van der Waals surface area contributed by atoms with Crippen molar-refractivity contribution in [2.45, 2.75) is 51.1 Å². The monoisotopic (exact) mass is 209 g/mol. The van der Waals surface area contributed by atoms with Crippen molar-refractivity contribution in [3.05, 3.63) is 0 Å². The van der Waals surface area contributed by atoms with Crippen molar-refractivity contribution < 1.29 is 4.74 Å². The zero-order chi connectivity index (χ0) is 10.3. The Kier molecular flexibility index (Phi) is 2.73. The zero-order valence-corrected chi connectivity index (χ0v) is 9.74. The van der Waals surface area contributed by atoms with Gasteiger partial charge in [0.2, 0.25) is 0 Å². The zero-order valence-electron chi connectivity index (χ0n) is 9.74. The molecule has 1 N–H and O–H groups in total. The lowest BCUT2D eigenvalue weighted by Gasteiger charge is -2.30. The fourth-order valence-corrected chi connectivity index (χ4v) is 4.07. The predicted molar refractivity (Wildman–Crippen MR) is 60.8 cm³/mol. The average molecular weight is 209 g/mol. The van der Waals surface area contributed by atoms with Crippen LogP contribution in [0.15, 0.2) is 0 Å². The highest BCUT2D eigenvalue weighted by Crippen LogP contribution is 2.49. The molecule has 15 heavy (non-hydrogen) atoms. The van der Waals surface area contributed by atoms with E-state index in [1.54, 1.807) is 0 Å². The van der Waals surface area contributed by atoms with Crippen LogP contribution in [0.3, 0.4) is 0 Å². The van der Waals surface area contributed by atoms with Gasteiger partial charge < -0.3 is 10.1 Å². The van der Waals surface area contributed by atoms with Gasteiger partial charge >= 0.3 is 0 Å². The average Bonchev–Trinajstić information content (AvgIpc) is 2.93. The summed E-state index contributed by atoms with van der Waals surface area (Å²) in [6.07, 6.45) is 7.25. The molecule has 2 saturated carbocycles. The maximum absolute atomic E-state index is 5.42. The van der Waals surface area contributed by atoms with Gasteiger partial charge in [0.25, 0.3) is 0 Å². The summed E-state index contributed by atoms with van der Waals surface area (Å²) in [5.74, 6) is 3.08. The van der Waals surface area contributed by atoms with Crippen molar-refractivity contribution in [2.75, 3.05) is 13.2 Å². The maximum Gasteiger partial charge on any atom is 0.0620 e. The van der Waals surface area contributed by atoms with Gasteiger partial charge in [-0.05, 0) is 50.4 Å². The number of ether oxygens (including phenoxy) is 1. The van der Waals surface area contributed by atoms with Crippen LogP contribution >= 0.6 is 0 Å². The molecule has 3 fully saturated rings. The molecular weight excluding hydrogens is 186 g/mol. The summed E-state index contributed by atoms with van der Waals surface area (Å²) >= 11 is 0. The lowest BCUT2D eigenvalue weighted by Crippen LogP contribution is -2.42. The molecule has 5 atom stereocenters. The standard InChI is InChI=1S/C13H23NO/c1-9(14-12-4-5-15-8-12)13-7-10-2-3-11(13)6-10/h9-14H,2-8H2,1H3. The molecule has 0 aromatic heterocycles. The van der Waals surface area contributed by atoms with E-state index < -0.39 is 0 Å². The molecule has 2 aliphatic carbocycles. The Hall–Kier alpha value is -0.0800. The van der Waals surface area contributed by atoms with Crippen LogP contribution < -0.4 is 5.32 Å². The van der Waals surface area contributed by atoms with Gasteiger partial charge in [0.05, 0.1) is 6.61 Å². The molecule has 2 bridgehead atoms. The largest absolute Gasteiger partial charge is 0.380 e. The van der Waals surface area contributed by atoms with Crippen molar-refractivity contribution in [1.82, 2.24) is 5.32 Å². The van der Waals surface area contributed by atoms with E-state index in [-0.39, 0.29) is 0 Å². The third-order valence-electron chi connectivity index (χ3n) is 4.86. The van der Waals surface area contributed by atoms with E-state index in [0.29, 0.717) is 12.1 Å². The van der Waals surface area contributed by atoms with E-state index in [9.17, 15) is 0 Å². The van der Waals surface area contributed by atoms with Crippen LogP contribution in [0.5, 0.6) is 0 Å². The smallest absolute Gasteiger partial charge is 0.0620 e. The van der Waals surface area contributed by atoms with Crippen LogP contribution in [0.1, 0.15) is 39.0 Å². The second kappa shape index (κ2) is 4.06. The fourth-order valence-electron chi connectivity index (χ4n) is 4.07. The van der Waals surface area contributed by atoms with Gasteiger partial charge in [-0.3, -0.25) is 0 Å². The lowest BCUT2D eigenvalue weighted by atomic mass is 9.83. The van der Waals surface area contributed by atoms with Crippen LogP contribution in [0, 0.1) is 17.8 Å². The molecule has 0 radical (unpaired) electrons. The Bertz CT molecular complexity index is 225. The van der Waals surface area contributed by atoms with Crippen LogP contribution in [-0.2, 0) is 4.74 Å². The second-order valence-corrected chi connectivity index (χ2v) is 5.85. The summed E-state index contributed by atoms with van der Waals surface area (Å²) in [4.78, 5) is 0. The Morgan fingerprint density at radius 1 is 1.20 bits per heavy atom. The molecule has 5 unspecified atom stereocenters. The minimum atomic E-state index is 0.638. The molecule has 0 amide bonds. The Labute approximate surface area is 92.8 Å². The van der Waals surface area contributed by atoms with Crippen LogP contribution in [0.2, 0.25) is 0 Å². The summed E-state index contributed by atoms with van der Waals surface area (Å²) in [7, 11) is 0. The molecule has 0 aromatic carbocycles. The van der Waals surface area contributed by atoms with Crippen LogP contribution in [-0.4, -0.2) is 25.3 Å². The Morgan fingerprint density at radius 3 is 2.73 bits per heavy atom. The summed E-state index contributed by atoms with van der Waals surface area (Å²) in [5, 5.41) is 3.78. The minimum Gasteiger partial charge on any atom is -0.380 e. The molecule has 1 aliphatic heterocycles. The van der Waals surface area contributed by atoms with Crippen LogP contribution in [0.4, 0.5) is 0 Å². The molecule has 1 heterocycles. The van der Waals surface area contributed by atoms with Crippen molar-refractivity contribution in [3.8, 4) is 0 Å². The maximum atomic E-state index is 5.42. The molecule has 0 aromatic rings. The van der Waals surface area contributed by atoms with E-state index in [1.807, 2.05) is 0 Å². The number of nitrogens with one attached hydrogen (secondary N) is 1. The predicted octanol–water partition coefficient (Wildman–Crippen LogP) is 2.19. The van der Waals surface area contributed by atoms with Gasteiger partial charge in [-0.15, -0.1) is 0 Å². The molecule has 0 spiro atoms. The van der Waals surface area contributed by atoms with E-state index in [0.717, 1.165) is 31.0 Å². The van der Waals surface area contributed by atoms with Crippen molar-refractivity contribution in [1.29, 1.82) is 0 Å². The van der Waals surface area contributed by atoms with Gasteiger partial charge in [-0.2, -0.15) is 0 Å². The first kappa shape index (κ1) is 10.1. The van der Waals surface area contributed by atoms with Crippen molar-refractivity contribution in [2.24, 2.45) is 17.8 Å². The van der Waals surface area contributed by atoms with E-state index >= 15 is 0 Å². The van der Waals surface area contributed by atoms with Gasteiger partial charge in [-0.1, -0.05) is 6.42 Å².